The van der Waals surface area contributed by atoms with Crippen molar-refractivity contribution in [1.29, 1.82) is 0 Å². The van der Waals surface area contributed by atoms with Gasteiger partial charge < -0.3 is 5.32 Å². The molecule has 0 unspecified atom stereocenters. The Morgan fingerprint density at radius 3 is 2.58 bits per heavy atom. The summed E-state index contributed by atoms with van der Waals surface area (Å²) >= 11 is 0. The Bertz CT molecular complexity index is 975. The lowest BCUT2D eigenvalue weighted by atomic mass is 10.1. The van der Waals surface area contributed by atoms with Gasteiger partial charge in [-0.1, -0.05) is 12.1 Å². The fourth-order valence-corrected chi connectivity index (χ4v) is 2.47. The highest BCUT2D eigenvalue weighted by atomic mass is 16.1. The number of aromatic nitrogens is 6. The van der Waals surface area contributed by atoms with Gasteiger partial charge in [0.05, 0.1) is 18.4 Å². The number of imidazole rings is 1. The quantitative estimate of drug-likeness (QED) is 0.598. The van der Waals surface area contributed by atoms with E-state index in [9.17, 15) is 4.79 Å². The van der Waals surface area contributed by atoms with Gasteiger partial charge in [-0.05, 0) is 29.8 Å². The molecule has 8 heteroatoms. The lowest BCUT2D eigenvalue weighted by Crippen LogP contribution is -2.12. The first-order chi connectivity index (χ1) is 12.8. The summed E-state index contributed by atoms with van der Waals surface area (Å²) < 4.78 is 3.52. The van der Waals surface area contributed by atoms with Crippen molar-refractivity contribution < 1.29 is 4.79 Å². The van der Waals surface area contributed by atoms with Crippen molar-refractivity contribution in [2.45, 2.75) is 6.54 Å². The smallest absolute Gasteiger partial charge is 0.255 e. The molecule has 1 amide bonds. The maximum absolute atomic E-state index is 12.4. The van der Waals surface area contributed by atoms with Gasteiger partial charge in [-0.3, -0.25) is 9.36 Å². The predicted molar refractivity (Wildman–Crippen MR) is 94.9 cm³/mol. The second-order valence-electron chi connectivity index (χ2n) is 5.62. The molecule has 1 N–H and O–H groups in total. The van der Waals surface area contributed by atoms with Crippen molar-refractivity contribution in [1.82, 2.24) is 29.3 Å². The van der Waals surface area contributed by atoms with E-state index in [1.807, 2.05) is 18.2 Å². The standard InChI is InChI=1S/C18H15N7O/c26-18(15-3-1-14(2-4-15)10-25-13-20-11-22-25)23-16-5-6-17(21-9-16)24-8-7-19-12-24/h1-9,11-13H,10H2,(H,23,26). The number of anilines is 1. The lowest BCUT2D eigenvalue weighted by Gasteiger charge is -2.07. The molecule has 128 valence electrons. The molecule has 0 aliphatic rings. The molecule has 4 aromatic rings. The molecule has 1 aromatic carbocycles. The fourth-order valence-electron chi connectivity index (χ4n) is 2.47. The first-order valence-electron chi connectivity index (χ1n) is 7.95. The summed E-state index contributed by atoms with van der Waals surface area (Å²) in [4.78, 5) is 24.6. The van der Waals surface area contributed by atoms with Crippen LogP contribution >= 0.6 is 0 Å². The number of benzene rings is 1. The van der Waals surface area contributed by atoms with E-state index in [0.29, 0.717) is 17.8 Å². The number of amides is 1. The molecule has 0 radical (unpaired) electrons. The van der Waals surface area contributed by atoms with Crippen LogP contribution in [-0.4, -0.2) is 35.2 Å². The van der Waals surface area contributed by atoms with Gasteiger partial charge in [0.15, 0.2) is 0 Å². The number of carbonyl (C=O) groups excluding carboxylic acids is 1. The van der Waals surface area contributed by atoms with E-state index in [-0.39, 0.29) is 5.91 Å². The zero-order valence-corrected chi connectivity index (χ0v) is 13.7. The Morgan fingerprint density at radius 2 is 1.92 bits per heavy atom. The van der Waals surface area contributed by atoms with Crippen LogP contribution in [0.15, 0.2) is 74.0 Å². The maximum Gasteiger partial charge on any atom is 0.255 e. The third kappa shape index (κ3) is 3.48. The minimum absolute atomic E-state index is 0.186. The van der Waals surface area contributed by atoms with Crippen molar-refractivity contribution in [3.63, 3.8) is 0 Å². The van der Waals surface area contributed by atoms with Crippen LogP contribution in [0.2, 0.25) is 0 Å². The molecule has 3 heterocycles. The van der Waals surface area contributed by atoms with Gasteiger partial charge in [-0.2, -0.15) is 5.10 Å². The summed E-state index contributed by atoms with van der Waals surface area (Å²) in [5.41, 5.74) is 2.25. The average molecular weight is 345 g/mol. The average Bonchev–Trinajstić information content (AvgIpc) is 3.37. The van der Waals surface area contributed by atoms with E-state index in [0.717, 1.165) is 11.4 Å². The number of carbonyl (C=O) groups is 1. The number of nitrogens with one attached hydrogen (secondary N) is 1. The topological polar surface area (TPSA) is 90.5 Å². The monoisotopic (exact) mass is 345 g/mol. The second kappa shape index (κ2) is 6.98. The number of nitrogens with zero attached hydrogens (tertiary/aromatic N) is 6. The molecule has 0 aliphatic heterocycles. The highest BCUT2D eigenvalue weighted by Crippen LogP contribution is 2.12. The third-order valence-corrected chi connectivity index (χ3v) is 3.80. The van der Waals surface area contributed by atoms with E-state index in [1.54, 1.807) is 58.7 Å². The van der Waals surface area contributed by atoms with Gasteiger partial charge in [0.25, 0.3) is 5.91 Å². The van der Waals surface area contributed by atoms with Gasteiger partial charge in [0, 0.05) is 18.0 Å². The minimum Gasteiger partial charge on any atom is -0.321 e. The van der Waals surface area contributed by atoms with Crippen molar-refractivity contribution in [2.75, 3.05) is 5.32 Å². The number of rotatable bonds is 5. The van der Waals surface area contributed by atoms with Crippen molar-refractivity contribution in [2.24, 2.45) is 0 Å². The summed E-state index contributed by atoms with van der Waals surface area (Å²) in [5, 5.41) is 6.91. The van der Waals surface area contributed by atoms with Crippen LogP contribution in [0.4, 0.5) is 5.69 Å². The molecule has 0 saturated heterocycles. The van der Waals surface area contributed by atoms with E-state index in [1.165, 1.54) is 6.33 Å². The van der Waals surface area contributed by atoms with E-state index >= 15 is 0 Å². The molecule has 8 nitrogen and oxygen atoms in total. The Hall–Kier alpha value is -3.81. The first kappa shape index (κ1) is 15.7. The van der Waals surface area contributed by atoms with Gasteiger partial charge in [0.1, 0.15) is 24.8 Å². The van der Waals surface area contributed by atoms with Gasteiger partial charge in [-0.15, -0.1) is 0 Å². The van der Waals surface area contributed by atoms with Crippen LogP contribution in [0.1, 0.15) is 15.9 Å². The number of hydrogen-bond donors (Lipinski definition) is 1. The minimum atomic E-state index is -0.186. The largest absolute Gasteiger partial charge is 0.321 e. The molecule has 0 atom stereocenters. The fraction of sp³-hybridized carbons (Fsp3) is 0.0556. The van der Waals surface area contributed by atoms with E-state index in [4.69, 9.17) is 0 Å². The molecular formula is C18H15N7O. The van der Waals surface area contributed by atoms with E-state index in [2.05, 4.69) is 25.4 Å². The third-order valence-electron chi connectivity index (χ3n) is 3.80. The Balaban J connectivity index is 1.41. The van der Waals surface area contributed by atoms with Gasteiger partial charge in [-0.25, -0.2) is 19.6 Å². The summed E-state index contributed by atoms with van der Waals surface area (Å²) in [5.74, 6) is 0.549. The normalized spacial score (nSPS) is 10.6. The summed E-state index contributed by atoms with van der Waals surface area (Å²) in [7, 11) is 0. The maximum atomic E-state index is 12.4. The molecular weight excluding hydrogens is 330 g/mol. The number of pyridine rings is 1. The number of hydrogen-bond acceptors (Lipinski definition) is 5. The van der Waals surface area contributed by atoms with Crippen molar-refractivity contribution in [3.05, 3.63) is 85.1 Å². The Morgan fingerprint density at radius 1 is 1.04 bits per heavy atom. The molecule has 0 spiro atoms. The van der Waals surface area contributed by atoms with Crippen LogP contribution in [0.5, 0.6) is 0 Å². The van der Waals surface area contributed by atoms with Crippen LogP contribution in [-0.2, 0) is 6.54 Å². The SMILES string of the molecule is O=C(Nc1ccc(-n2ccnc2)nc1)c1ccc(Cn2cncn2)cc1. The van der Waals surface area contributed by atoms with Crippen LogP contribution in [0.3, 0.4) is 0 Å². The highest BCUT2D eigenvalue weighted by Gasteiger charge is 2.07. The molecule has 3 aromatic heterocycles. The van der Waals surface area contributed by atoms with Crippen LogP contribution in [0.25, 0.3) is 5.82 Å². The zero-order chi connectivity index (χ0) is 17.8. The molecule has 4 rings (SSSR count). The summed E-state index contributed by atoms with van der Waals surface area (Å²) in [6.07, 6.45) is 9.92. The first-order valence-corrected chi connectivity index (χ1v) is 7.95. The molecule has 0 aliphatic carbocycles. The Kier molecular flexibility index (Phi) is 4.21. The summed E-state index contributed by atoms with van der Waals surface area (Å²) in [6.45, 7) is 0.613. The van der Waals surface area contributed by atoms with Crippen LogP contribution in [0, 0.1) is 0 Å². The van der Waals surface area contributed by atoms with Crippen LogP contribution < -0.4 is 5.32 Å². The van der Waals surface area contributed by atoms with E-state index < -0.39 is 0 Å². The molecule has 0 bridgehead atoms. The lowest BCUT2D eigenvalue weighted by molar-refractivity contribution is 0.102. The van der Waals surface area contributed by atoms with Gasteiger partial charge >= 0.3 is 0 Å². The van der Waals surface area contributed by atoms with Gasteiger partial charge in [0.2, 0.25) is 0 Å². The Labute approximate surface area is 149 Å². The molecule has 0 fully saturated rings. The van der Waals surface area contributed by atoms with Crippen molar-refractivity contribution >= 4 is 11.6 Å². The van der Waals surface area contributed by atoms with Crippen molar-refractivity contribution in [3.8, 4) is 5.82 Å². The second-order valence-corrected chi connectivity index (χ2v) is 5.62. The predicted octanol–water partition coefficient (Wildman–Crippen LogP) is 2.16. The zero-order valence-electron chi connectivity index (χ0n) is 13.7. The highest BCUT2D eigenvalue weighted by molar-refractivity contribution is 6.04. The molecule has 26 heavy (non-hydrogen) atoms. The molecule has 0 saturated carbocycles. The summed E-state index contributed by atoms with van der Waals surface area (Å²) in [6, 6.07) is 11.0.